The van der Waals surface area contributed by atoms with Gasteiger partial charge in [0.2, 0.25) is 0 Å². The maximum Gasteiger partial charge on any atom is 0.257 e. The molecule has 0 aliphatic carbocycles. The average molecular weight is 359 g/mol. The Hall–Kier alpha value is -3.67. The second-order valence-corrected chi connectivity index (χ2v) is 5.91. The maximum absolute atomic E-state index is 12.9. The molecule has 4 aromatic rings. The summed E-state index contributed by atoms with van der Waals surface area (Å²) in [6, 6.07) is 18.2. The zero-order valence-electron chi connectivity index (χ0n) is 14.9. The lowest BCUT2D eigenvalue weighted by atomic mass is 10.1. The Morgan fingerprint density at radius 3 is 2.26 bits per heavy atom. The lowest BCUT2D eigenvalue weighted by Crippen LogP contribution is -2.13. The van der Waals surface area contributed by atoms with Gasteiger partial charge in [-0.1, -0.05) is 18.2 Å². The van der Waals surface area contributed by atoms with Crippen molar-refractivity contribution in [3.63, 3.8) is 0 Å². The van der Waals surface area contributed by atoms with Gasteiger partial charge in [-0.2, -0.15) is 0 Å². The summed E-state index contributed by atoms with van der Waals surface area (Å²) in [5, 5.41) is 2.88. The summed E-state index contributed by atoms with van der Waals surface area (Å²) in [4.78, 5) is 22.1. The van der Waals surface area contributed by atoms with Crippen LogP contribution in [0.4, 0.5) is 5.69 Å². The van der Waals surface area contributed by atoms with Gasteiger partial charge in [0.1, 0.15) is 5.52 Å². The number of methoxy groups -OCH3 is 2. The molecule has 4 rings (SSSR count). The van der Waals surface area contributed by atoms with Gasteiger partial charge in [-0.3, -0.25) is 4.79 Å². The van der Waals surface area contributed by atoms with Crippen LogP contribution in [0.5, 0.6) is 11.5 Å². The van der Waals surface area contributed by atoms with E-state index in [1.165, 1.54) is 0 Å². The van der Waals surface area contributed by atoms with Gasteiger partial charge < -0.3 is 14.8 Å². The number of rotatable bonds is 4. The van der Waals surface area contributed by atoms with Crippen molar-refractivity contribution in [3.8, 4) is 11.5 Å². The molecule has 0 atom stereocenters. The van der Waals surface area contributed by atoms with Gasteiger partial charge in [-0.05, 0) is 36.4 Å². The van der Waals surface area contributed by atoms with Gasteiger partial charge in [0.05, 0.1) is 36.3 Å². The Bertz CT molecular complexity index is 1160. The molecule has 0 fully saturated rings. The number of nitrogens with zero attached hydrogens (tertiary/aromatic N) is 2. The van der Waals surface area contributed by atoms with E-state index in [1.54, 1.807) is 44.6 Å². The summed E-state index contributed by atoms with van der Waals surface area (Å²) in [6.07, 6.45) is 0. The number of para-hydroxylation sites is 3. The van der Waals surface area contributed by atoms with Crippen molar-refractivity contribution < 1.29 is 14.3 Å². The first-order valence-corrected chi connectivity index (χ1v) is 8.38. The molecule has 0 saturated carbocycles. The SMILES string of the molecule is COc1ccc(NC(=O)c2cccc3nc4ccccc4nc23)cc1OC. The van der Waals surface area contributed by atoms with E-state index in [4.69, 9.17) is 9.47 Å². The van der Waals surface area contributed by atoms with E-state index in [9.17, 15) is 4.79 Å². The number of ether oxygens (including phenoxy) is 2. The molecule has 6 nitrogen and oxygen atoms in total. The lowest BCUT2D eigenvalue weighted by molar-refractivity contribution is 0.102. The number of hydrogen-bond donors (Lipinski definition) is 1. The highest BCUT2D eigenvalue weighted by atomic mass is 16.5. The van der Waals surface area contributed by atoms with Gasteiger partial charge in [0.25, 0.3) is 5.91 Å². The van der Waals surface area contributed by atoms with E-state index >= 15 is 0 Å². The Morgan fingerprint density at radius 1 is 0.815 bits per heavy atom. The van der Waals surface area contributed by atoms with E-state index in [2.05, 4.69) is 15.3 Å². The number of hydrogen-bond acceptors (Lipinski definition) is 5. The Kier molecular flexibility index (Phi) is 4.30. The fourth-order valence-electron chi connectivity index (χ4n) is 2.94. The summed E-state index contributed by atoms with van der Waals surface area (Å²) < 4.78 is 10.5. The van der Waals surface area contributed by atoms with Crippen LogP contribution in [-0.2, 0) is 0 Å². The molecule has 6 heteroatoms. The molecular weight excluding hydrogens is 342 g/mol. The predicted molar refractivity (Wildman–Crippen MR) is 105 cm³/mol. The van der Waals surface area contributed by atoms with E-state index < -0.39 is 0 Å². The monoisotopic (exact) mass is 359 g/mol. The highest BCUT2D eigenvalue weighted by molar-refractivity contribution is 6.12. The third-order valence-corrected chi connectivity index (χ3v) is 4.26. The summed E-state index contributed by atoms with van der Waals surface area (Å²) in [5.41, 5.74) is 3.84. The molecule has 0 unspecified atom stereocenters. The van der Waals surface area contributed by atoms with Crippen LogP contribution in [0.25, 0.3) is 22.1 Å². The molecule has 134 valence electrons. The third kappa shape index (κ3) is 3.13. The molecule has 27 heavy (non-hydrogen) atoms. The molecule has 3 aromatic carbocycles. The lowest BCUT2D eigenvalue weighted by Gasteiger charge is -2.11. The van der Waals surface area contributed by atoms with Crippen molar-refractivity contribution in [1.82, 2.24) is 9.97 Å². The Balaban J connectivity index is 1.73. The summed E-state index contributed by atoms with van der Waals surface area (Å²) >= 11 is 0. The van der Waals surface area contributed by atoms with Crippen molar-refractivity contribution in [2.24, 2.45) is 0 Å². The first kappa shape index (κ1) is 16.8. The van der Waals surface area contributed by atoms with Crippen LogP contribution in [0.3, 0.4) is 0 Å². The zero-order valence-corrected chi connectivity index (χ0v) is 14.9. The molecule has 0 aliphatic heterocycles. The fraction of sp³-hybridized carbons (Fsp3) is 0.0952. The number of fused-ring (bicyclic) bond motifs is 2. The van der Waals surface area contributed by atoms with Gasteiger partial charge in [0.15, 0.2) is 11.5 Å². The first-order chi connectivity index (χ1) is 13.2. The first-order valence-electron chi connectivity index (χ1n) is 8.38. The molecule has 0 radical (unpaired) electrons. The number of nitrogens with one attached hydrogen (secondary N) is 1. The zero-order chi connectivity index (χ0) is 18.8. The van der Waals surface area contributed by atoms with Crippen LogP contribution >= 0.6 is 0 Å². The Labute approximate surface area is 155 Å². The Morgan fingerprint density at radius 2 is 1.52 bits per heavy atom. The number of aromatic nitrogens is 2. The standard InChI is InChI=1S/C21H17N3O3/c1-26-18-11-10-13(12-19(18)27-2)22-21(25)14-6-5-9-17-20(14)24-16-8-4-3-7-15(16)23-17/h3-12H,1-2H3,(H,22,25). The van der Waals surface area contributed by atoms with Crippen molar-refractivity contribution >= 4 is 33.7 Å². The van der Waals surface area contributed by atoms with Crippen molar-refractivity contribution in [1.29, 1.82) is 0 Å². The van der Waals surface area contributed by atoms with Crippen molar-refractivity contribution in [2.45, 2.75) is 0 Å². The van der Waals surface area contributed by atoms with Crippen LogP contribution in [-0.4, -0.2) is 30.1 Å². The van der Waals surface area contributed by atoms with Crippen LogP contribution in [0.1, 0.15) is 10.4 Å². The molecule has 0 bridgehead atoms. The molecule has 1 N–H and O–H groups in total. The van der Waals surface area contributed by atoms with Gasteiger partial charge in [-0.15, -0.1) is 0 Å². The van der Waals surface area contributed by atoms with Gasteiger partial charge >= 0.3 is 0 Å². The topological polar surface area (TPSA) is 73.3 Å². The van der Waals surface area contributed by atoms with Crippen LogP contribution < -0.4 is 14.8 Å². The summed E-state index contributed by atoms with van der Waals surface area (Å²) in [5.74, 6) is 0.870. The summed E-state index contributed by atoms with van der Waals surface area (Å²) in [7, 11) is 3.12. The molecule has 0 aliphatic rings. The van der Waals surface area contributed by atoms with Crippen molar-refractivity contribution in [3.05, 3.63) is 66.2 Å². The molecule has 0 saturated heterocycles. The molecule has 0 spiro atoms. The minimum atomic E-state index is -0.266. The number of benzene rings is 3. The normalized spacial score (nSPS) is 10.7. The maximum atomic E-state index is 12.9. The molecule has 1 heterocycles. The quantitative estimate of drug-likeness (QED) is 0.557. The predicted octanol–water partition coefficient (Wildman–Crippen LogP) is 4.05. The number of anilines is 1. The molecule has 1 amide bonds. The van der Waals surface area contributed by atoms with E-state index in [0.29, 0.717) is 33.8 Å². The molecule has 1 aromatic heterocycles. The minimum absolute atomic E-state index is 0.266. The summed E-state index contributed by atoms with van der Waals surface area (Å²) in [6.45, 7) is 0. The second kappa shape index (κ2) is 6.92. The van der Waals surface area contributed by atoms with Gasteiger partial charge in [-0.25, -0.2) is 9.97 Å². The van der Waals surface area contributed by atoms with Crippen LogP contribution in [0.2, 0.25) is 0 Å². The number of amides is 1. The van der Waals surface area contributed by atoms with E-state index in [-0.39, 0.29) is 5.91 Å². The van der Waals surface area contributed by atoms with Crippen LogP contribution in [0.15, 0.2) is 60.7 Å². The fourth-order valence-corrected chi connectivity index (χ4v) is 2.94. The smallest absolute Gasteiger partial charge is 0.257 e. The minimum Gasteiger partial charge on any atom is -0.493 e. The van der Waals surface area contributed by atoms with Gasteiger partial charge in [0, 0.05) is 11.8 Å². The third-order valence-electron chi connectivity index (χ3n) is 4.26. The number of carbonyl (C=O) groups excluding carboxylic acids is 1. The highest BCUT2D eigenvalue weighted by Crippen LogP contribution is 2.30. The average Bonchev–Trinajstić information content (AvgIpc) is 2.71. The highest BCUT2D eigenvalue weighted by Gasteiger charge is 2.14. The molecular formula is C21H17N3O3. The van der Waals surface area contributed by atoms with Crippen molar-refractivity contribution in [2.75, 3.05) is 19.5 Å². The van der Waals surface area contributed by atoms with E-state index in [1.807, 2.05) is 30.3 Å². The number of carbonyl (C=O) groups is 1. The largest absolute Gasteiger partial charge is 0.493 e. The second-order valence-electron chi connectivity index (χ2n) is 5.91. The van der Waals surface area contributed by atoms with E-state index in [0.717, 1.165) is 11.0 Å². The van der Waals surface area contributed by atoms with Crippen LogP contribution in [0, 0.1) is 0 Å².